The molecule has 1 amide bonds. The maximum absolute atomic E-state index is 12.5. The van der Waals surface area contributed by atoms with E-state index in [1.807, 2.05) is 44.1 Å². The number of hydrogen-bond donors (Lipinski definition) is 2. The number of carbonyl (C=O) groups is 1. The van der Waals surface area contributed by atoms with E-state index >= 15 is 0 Å². The van der Waals surface area contributed by atoms with Crippen molar-refractivity contribution in [2.75, 3.05) is 24.3 Å². The zero-order valence-corrected chi connectivity index (χ0v) is 15.1. The van der Waals surface area contributed by atoms with Gasteiger partial charge in [0.05, 0.1) is 5.02 Å². The Labute approximate surface area is 150 Å². The van der Waals surface area contributed by atoms with E-state index in [4.69, 9.17) is 23.2 Å². The van der Waals surface area contributed by atoms with Crippen molar-refractivity contribution in [2.45, 2.75) is 6.92 Å². The van der Waals surface area contributed by atoms with E-state index in [2.05, 4.69) is 10.3 Å². The maximum atomic E-state index is 12.5. The van der Waals surface area contributed by atoms with Crippen LogP contribution in [0, 0.1) is 6.92 Å². The molecular formula is C18H17Cl2N3O. The fraction of sp³-hybridized carbons (Fsp3) is 0.167. The van der Waals surface area contributed by atoms with E-state index in [-0.39, 0.29) is 5.91 Å². The van der Waals surface area contributed by atoms with Crippen LogP contribution in [0.15, 0.2) is 36.4 Å². The molecule has 4 nitrogen and oxygen atoms in total. The van der Waals surface area contributed by atoms with Gasteiger partial charge < -0.3 is 15.2 Å². The first-order valence-corrected chi connectivity index (χ1v) is 8.18. The molecule has 3 rings (SSSR count). The zero-order valence-electron chi connectivity index (χ0n) is 13.6. The van der Waals surface area contributed by atoms with Gasteiger partial charge in [-0.25, -0.2) is 0 Å². The molecule has 2 N–H and O–H groups in total. The fourth-order valence-electron chi connectivity index (χ4n) is 2.72. The lowest BCUT2D eigenvalue weighted by atomic mass is 10.1. The third-order valence-corrected chi connectivity index (χ3v) is 4.49. The standard InChI is InChI=1S/C18H17Cl2N3O/c1-10-8-12(5-7-15(10)23(2)3)21-18(24)17-16(20)13-9-11(19)4-6-14(13)22-17/h4-9,22H,1-3H3,(H,21,24). The highest BCUT2D eigenvalue weighted by molar-refractivity contribution is 6.40. The summed E-state index contributed by atoms with van der Waals surface area (Å²) in [6, 6.07) is 11.1. The summed E-state index contributed by atoms with van der Waals surface area (Å²) < 4.78 is 0. The first-order valence-electron chi connectivity index (χ1n) is 7.43. The van der Waals surface area contributed by atoms with Gasteiger partial charge in [-0.1, -0.05) is 23.2 Å². The molecule has 0 radical (unpaired) electrons. The molecule has 24 heavy (non-hydrogen) atoms. The van der Waals surface area contributed by atoms with Gasteiger partial charge in [0.15, 0.2) is 0 Å². The molecular weight excluding hydrogens is 345 g/mol. The van der Waals surface area contributed by atoms with Crippen LogP contribution < -0.4 is 10.2 Å². The monoisotopic (exact) mass is 361 g/mol. The average molecular weight is 362 g/mol. The van der Waals surface area contributed by atoms with Crippen LogP contribution in [0.5, 0.6) is 0 Å². The second-order valence-electron chi connectivity index (χ2n) is 5.85. The molecule has 0 bridgehead atoms. The predicted octanol–water partition coefficient (Wildman–Crippen LogP) is 5.10. The number of hydrogen-bond acceptors (Lipinski definition) is 2. The number of benzene rings is 2. The molecule has 0 fully saturated rings. The summed E-state index contributed by atoms with van der Waals surface area (Å²) in [5, 5.41) is 4.55. The Morgan fingerprint density at radius 3 is 2.54 bits per heavy atom. The SMILES string of the molecule is Cc1cc(NC(=O)c2[nH]c3ccc(Cl)cc3c2Cl)ccc1N(C)C. The van der Waals surface area contributed by atoms with Crippen molar-refractivity contribution in [3.8, 4) is 0 Å². The van der Waals surface area contributed by atoms with Crippen molar-refractivity contribution in [1.82, 2.24) is 4.98 Å². The molecule has 0 spiro atoms. The van der Waals surface area contributed by atoms with Crippen molar-refractivity contribution in [3.05, 3.63) is 57.7 Å². The van der Waals surface area contributed by atoms with Crippen LogP contribution in [0.1, 0.15) is 16.1 Å². The highest BCUT2D eigenvalue weighted by Crippen LogP contribution is 2.30. The van der Waals surface area contributed by atoms with Gasteiger partial charge >= 0.3 is 0 Å². The minimum atomic E-state index is -0.288. The van der Waals surface area contributed by atoms with Crippen LogP contribution in [0.25, 0.3) is 10.9 Å². The number of anilines is 2. The van der Waals surface area contributed by atoms with Gasteiger partial charge in [-0.15, -0.1) is 0 Å². The minimum Gasteiger partial charge on any atom is -0.377 e. The summed E-state index contributed by atoms with van der Waals surface area (Å²) in [6.45, 7) is 2.00. The Morgan fingerprint density at radius 2 is 1.88 bits per heavy atom. The highest BCUT2D eigenvalue weighted by atomic mass is 35.5. The molecule has 2 aromatic carbocycles. The first kappa shape index (κ1) is 16.7. The maximum Gasteiger partial charge on any atom is 0.273 e. The first-order chi connectivity index (χ1) is 11.4. The van der Waals surface area contributed by atoms with Crippen LogP contribution in [-0.2, 0) is 0 Å². The Bertz CT molecular complexity index is 931. The minimum absolute atomic E-state index is 0.288. The number of amides is 1. The van der Waals surface area contributed by atoms with Gasteiger partial charge in [-0.2, -0.15) is 0 Å². The van der Waals surface area contributed by atoms with Crippen molar-refractivity contribution in [3.63, 3.8) is 0 Å². The number of fused-ring (bicyclic) bond motifs is 1. The average Bonchev–Trinajstić information content (AvgIpc) is 2.84. The normalized spacial score (nSPS) is 10.9. The Balaban J connectivity index is 1.90. The van der Waals surface area contributed by atoms with Gasteiger partial charge in [-0.05, 0) is 48.9 Å². The molecule has 0 aliphatic carbocycles. The number of rotatable bonds is 3. The molecule has 124 valence electrons. The highest BCUT2D eigenvalue weighted by Gasteiger charge is 2.17. The van der Waals surface area contributed by atoms with Crippen LogP contribution in [0.2, 0.25) is 10.0 Å². The largest absolute Gasteiger partial charge is 0.377 e. The van der Waals surface area contributed by atoms with Crippen molar-refractivity contribution in [1.29, 1.82) is 0 Å². The molecule has 0 aliphatic rings. The number of carbonyl (C=O) groups excluding carboxylic acids is 1. The molecule has 0 saturated heterocycles. The van der Waals surface area contributed by atoms with E-state index in [0.717, 1.165) is 27.8 Å². The Kier molecular flexibility index (Phi) is 4.43. The number of H-pyrrole nitrogens is 1. The predicted molar refractivity (Wildman–Crippen MR) is 102 cm³/mol. The second-order valence-corrected chi connectivity index (χ2v) is 6.67. The van der Waals surface area contributed by atoms with Gasteiger partial charge in [0.2, 0.25) is 0 Å². The summed E-state index contributed by atoms with van der Waals surface area (Å²) in [5.41, 5.74) is 3.99. The van der Waals surface area contributed by atoms with Crippen molar-refractivity contribution in [2.24, 2.45) is 0 Å². The van der Waals surface area contributed by atoms with E-state index < -0.39 is 0 Å². The lowest BCUT2D eigenvalue weighted by molar-refractivity contribution is 0.102. The van der Waals surface area contributed by atoms with Crippen LogP contribution in [0.3, 0.4) is 0 Å². The number of aromatic nitrogens is 1. The number of aryl methyl sites for hydroxylation is 1. The van der Waals surface area contributed by atoms with Gasteiger partial charge in [0, 0.05) is 41.4 Å². The molecule has 0 unspecified atom stereocenters. The number of aromatic amines is 1. The number of halogens is 2. The molecule has 6 heteroatoms. The summed E-state index contributed by atoms with van der Waals surface area (Å²) in [6.07, 6.45) is 0. The molecule has 0 atom stereocenters. The van der Waals surface area contributed by atoms with Gasteiger partial charge in [-0.3, -0.25) is 4.79 Å². The van der Waals surface area contributed by atoms with Crippen molar-refractivity contribution >= 4 is 51.4 Å². The fourth-order valence-corrected chi connectivity index (χ4v) is 3.18. The zero-order chi connectivity index (χ0) is 17.4. The quantitative estimate of drug-likeness (QED) is 0.681. The Hall–Kier alpha value is -2.17. The lowest BCUT2D eigenvalue weighted by Crippen LogP contribution is -2.14. The van der Waals surface area contributed by atoms with E-state index in [0.29, 0.717) is 15.7 Å². The number of nitrogens with zero attached hydrogens (tertiary/aromatic N) is 1. The molecule has 1 heterocycles. The number of nitrogens with one attached hydrogen (secondary N) is 2. The van der Waals surface area contributed by atoms with Crippen molar-refractivity contribution < 1.29 is 4.79 Å². The summed E-state index contributed by atoms with van der Waals surface area (Å²) in [4.78, 5) is 17.6. The molecule has 0 saturated carbocycles. The van der Waals surface area contributed by atoms with E-state index in [9.17, 15) is 4.79 Å². The van der Waals surface area contributed by atoms with Gasteiger partial charge in [0.25, 0.3) is 5.91 Å². The summed E-state index contributed by atoms with van der Waals surface area (Å²) in [7, 11) is 3.96. The molecule has 0 aliphatic heterocycles. The third kappa shape index (κ3) is 3.07. The second kappa shape index (κ2) is 6.38. The van der Waals surface area contributed by atoms with E-state index in [1.54, 1.807) is 18.2 Å². The smallest absolute Gasteiger partial charge is 0.273 e. The molecule has 3 aromatic rings. The van der Waals surface area contributed by atoms with E-state index in [1.165, 1.54) is 0 Å². The van der Waals surface area contributed by atoms with Crippen LogP contribution >= 0.6 is 23.2 Å². The topological polar surface area (TPSA) is 48.1 Å². The van der Waals surface area contributed by atoms with Crippen LogP contribution in [0.4, 0.5) is 11.4 Å². The van der Waals surface area contributed by atoms with Gasteiger partial charge in [0.1, 0.15) is 5.69 Å². The third-order valence-electron chi connectivity index (χ3n) is 3.86. The van der Waals surface area contributed by atoms with Crippen LogP contribution in [-0.4, -0.2) is 25.0 Å². The molecule has 1 aromatic heterocycles. The lowest BCUT2D eigenvalue weighted by Gasteiger charge is -2.16. The summed E-state index contributed by atoms with van der Waals surface area (Å²) >= 11 is 12.3. The summed E-state index contributed by atoms with van der Waals surface area (Å²) in [5.74, 6) is -0.288. The Morgan fingerprint density at radius 1 is 1.12 bits per heavy atom.